The first-order valence-corrected chi connectivity index (χ1v) is 32.7. The fourth-order valence-corrected chi connectivity index (χ4v) is 6.36. The van der Waals surface area contributed by atoms with Gasteiger partial charge in [0.15, 0.2) is 34.8 Å². The maximum atomic E-state index is 12.9. The molecule has 1 aliphatic heterocycles. The first kappa shape index (κ1) is 117. The van der Waals surface area contributed by atoms with Gasteiger partial charge in [0.2, 0.25) is 3.79 Å². The van der Waals surface area contributed by atoms with Crippen molar-refractivity contribution in [1.82, 2.24) is 29.2 Å². The molecule has 1 atom stereocenters. The summed E-state index contributed by atoms with van der Waals surface area (Å²) in [5, 5.41) is 57.6. The van der Waals surface area contributed by atoms with Crippen molar-refractivity contribution in [2.75, 3.05) is 78.1 Å². The molecule has 0 aromatic carbocycles. The van der Waals surface area contributed by atoms with Crippen LogP contribution in [0.15, 0.2) is 85.3 Å². The Morgan fingerprint density at radius 2 is 1.13 bits per heavy atom. The normalized spacial score (nSPS) is 11.0. The molecule has 4 aromatic rings. The minimum atomic E-state index is -1.99. The molecule has 4 aromatic heterocycles. The molecular weight excluding hydrogens is 1600 g/mol. The van der Waals surface area contributed by atoms with E-state index in [9.17, 15) is 33.6 Å². The number of carbonyl (C=O) groups excluding carboxylic acids is 7. The van der Waals surface area contributed by atoms with Crippen molar-refractivity contribution >= 4 is 148 Å². The summed E-state index contributed by atoms with van der Waals surface area (Å²) in [6.07, 6.45) is 6.20. The van der Waals surface area contributed by atoms with Crippen molar-refractivity contribution in [1.29, 1.82) is 26.8 Å². The molecular formula is C60H89BCl6LiN21O22. The monoisotopic (exact) mass is 1680 g/mol. The Labute approximate surface area is 681 Å². The summed E-state index contributed by atoms with van der Waals surface area (Å²) >= 11 is 30.8. The van der Waals surface area contributed by atoms with Gasteiger partial charge in [0.05, 0.1) is 57.4 Å². The molecule has 0 fully saturated rings. The summed E-state index contributed by atoms with van der Waals surface area (Å²) in [5.74, 6) is -1.37. The van der Waals surface area contributed by atoms with Gasteiger partial charge in [0.1, 0.15) is 52.3 Å². The van der Waals surface area contributed by atoms with Crippen molar-refractivity contribution in [3.05, 3.63) is 70.6 Å². The minimum Gasteiger partial charge on any atom is -0.870 e. The number of hydrogen-bond acceptors (Lipinski definition) is 35. The zero-order chi connectivity index (χ0) is 84.6. The third kappa shape index (κ3) is 52.9. The topological polar surface area (TPSA) is 679 Å². The number of aromatic nitrogens is 6. The van der Waals surface area contributed by atoms with Crippen LogP contribution in [0.1, 0.15) is 124 Å². The number of rotatable bonds is 18. The number of methoxy groups -OCH3 is 3. The molecule has 5 heterocycles. The van der Waals surface area contributed by atoms with Crippen molar-refractivity contribution in [2.24, 2.45) is 43.1 Å². The molecule has 5 rings (SSSR count). The third-order valence-corrected chi connectivity index (χ3v) is 11.0. The van der Waals surface area contributed by atoms with Crippen LogP contribution >= 0.6 is 69.6 Å². The van der Waals surface area contributed by atoms with E-state index in [-0.39, 0.29) is 108 Å². The molecule has 43 nitrogen and oxygen atoms in total. The van der Waals surface area contributed by atoms with E-state index in [0.29, 0.717) is 49.8 Å². The largest absolute Gasteiger partial charge is 1.00 e. The number of imide groups is 1. The molecule has 0 saturated carbocycles. The van der Waals surface area contributed by atoms with Crippen LogP contribution in [0.4, 0.5) is 21.2 Å². The molecule has 15 N–H and O–H groups in total. The van der Waals surface area contributed by atoms with Crippen LogP contribution in [0, 0.1) is 57.0 Å². The fourth-order valence-electron chi connectivity index (χ4n) is 6.07. The number of aliphatic imine (C=N–C) groups is 1. The van der Waals surface area contributed by atoms with Gasteiger partial charge in [-0.3, -0.25) is 9.79 Å². The van der Waals surface area contributed by atoms with Crippen molar-refractivity contribution in [3.8, 4) is 30.1 Å². The van der Waals surface area contributed by atoms with Crippen molar-refractivity contribution < 1.29 is 126 Å². The second-order valence-electron chi connectivity index (χ2n) is 20.4. The Morgan fingerprint density at radius 3 is 1.45 bits per heavy atom. The second-order valence-corrected chi connectivity index (χ2v) is 25.0. The van der Waals surface area contributed by atoms with E-state index in [0.717, 1.165) is 6.42 Å². The fraction of sp³-hybridized carbons (Fsp3) is 0.517. The van der Waals surface area contributed by atoms with Crippen LogP contribution < -0.4 is 46.7 Å². The first-order chi connectivity index (χ1) is 50.4. The number of allylic oxidation sites excluding steroid dienone is 1. The SMILES string of the molecule is CCO.CCOC(=O)/C(C#N)=C(\N)C(Cl)(Cl)Cl.CCOC(=O)C1=C(N)CN=C1N.CCOC(=O)CC#N.CCOC(=O)c1c(N(C(=O)OC(C)(C)C)C(=O)OC(C)(C)C)nn2cccnc12.CCOC(=O)c1c(N)nn2cccnc12.COC(C)CC(OC)OC.N#CC(Cl)(Cl)Cl.N=N/N=N/N=N.O.O=BC#CO.[Li+].[OH-]. The smallest absolute Gasteiger partial charge is 0.870 e. The number of nitriles is 3. The van der Waals surface area contributed by atoms with Gasteiger partial charge in [-0.2, -0.15) is 31.7 Å². The summed E-state index contributed by atoms with van der Waals surface area (Å²) in [5.41, 5.74) is 32.1. The van der Waals surface area contributed by atoms with E-state index in [1.54, 1.807) is 141 Å². The van der Waals surface area contributed by atoms with Crippen molar-refractivity contribution in [3.63, 3.8) is 0 Å². The van der Waals surface area contributed by atoms with E-state index >= 15 is 0 Å². The number of halogens is 6. The molecule has 0 saturated heterocycles. The van der Waals surface area contributed by atoms with Gasteiger partial charge in [-0.1, -0.05) is 69.6 Å². The average Bonchev–Trinajstić information content (AvgIpc) is 1.63. The number of aliphatic hydroxyl groups excluding tert-OH is 2. The number of nitrogens with two attached hydrogens (primary N) is 4. The number of nitrogens with one attached hydrogen (secondary N) is 2. The molecule has 0 bridgehead atoms. The maximum Gasteiger partial charge on any atom is 1.00 e. The number of amides is 2. The van der Waals surface area contributed by atoms with Gasteiger partial charge in [-0.05, 0) is 123 Å². The molecule has 0 aliphatic carbocycles. The molecule has 612 valence electrons. The van der Waals surface area contributed by atoms with Gasteiger partial charge in [0.25, 0.3) is 3.79 Å². The van der Waals surface area contributed by atoms with Crippen molar-refractivity contribution in [2.45, 2.75) is 134 Å². The predicted octanol–water partition coefficient (Wildman–Crippen LogP) is 4.89. The first-order valence-electron chi connectivity index (χ1n) is 30.5. The number of nitrogen functional groups attached to an aromatic ring is 1. The zero-order valence-electron chi connectivity index (χ0n) is 63.5. The average molecular weight is 1690 g/mol. The van der Waals surface area contributed by atoms with E-state index < -0.39 is 72.1 Å². The maximum absolute atomic E-state index is 12.9. The molecule has 0 spiro atoms. The number of aliphatic hydroxyl groups is 2. The number of esters is 5. The number of nitrogens with zero attached hydrogens (tertiary/aromatic N) is 15. The van der Waals surface area contributed by atoms with E-state index in [1.165, 1.54) is 39.7 Å². The minimum absolute atomic E-state index is 0. The zero-order valence-corrected chi connectivity index (χ0v) is 68.1. The number of hydrogen-bond donors (Lipinski definition) is 8. The summed E-state index contributed by atoms with van der Waals surface area (Å²) in [7, 11) is 5.24. The van der Waals surface area contributed by atoms with Crippen LogP contribution in [0.5, 0.6) is 0 Å². The number of carbonyl (C=O) groups is 7. The Hall–Kier alpha value is -9.73. The number of ether oxygens (including phenoxy) is 10. The molecule has 1 aliphatic rings. The van der Waals surface area contributed by atoms with Crippen LogP contribution in [-0.2, 0) is 66.5 Å². The molecule has 51 heteroatoms. The van der Waals surface area contributed by atoms with Gasteiger partial charge < -0.3 is 86.4 Å². The Bertz CT molecular complexity index is 3800. The molecule has 0 radical (unpaired) electrons. The van der Waals surface area contributed by atoms with E-state index in [2.05, 4.69) is 55.5 Å². The quantitative estimate of drug-likeness (QED) is 0.00628. The summed E-state index contributed by atoms with van der Waals surface area (Å²) in [6.45, 7) is 23.6. The molecule has 111 heavy (non-hydrogen) atoms. The van der Waals surface area contributed by atoms with Gasteiger partial charge in [-0.15, -0.1) is 10.2 Å². The van der Waals surface area contributed by atoms with E-state index in [4.69, 9.17) is 172 Å². The van der Waals surface area contributed by atoms with Gasteiger partial charge in [0, 0.05) is 64.8 Å². The summed E-state index contributed by atoms with van der Waals surface area (Å²) in [6, 6.07) is 7.89. The Morgan fingerprint density at radius 1 is 0.712 bits per heavy atom. The van der Waals surface area contributed by atoms with Gasteiger partial charge >= 0.3 is 89.8 Å². The number of fused-ring (bicyclic) bond motifs is 2. The number of anilines is 2. The second kappa shape index (κ2) is 65.0. The third-order valence-electron chi connectivity index (χ3n) is 10.1. The molecule has 1 unspecified atom stereocenters. The number of amidine groups is 1. The van der Waals surface area contributed by atoms with Crippen LogP contribution in [0.2, 0.25) is 0 Å². The molecule has 2 amide bonds. The number of alkyl halides is 6. The summed E-state index contributed by atoms with van der Waals surface area (Å²) < 4.78 is 57.3. The van der Waals surface area contributed by atoms with Crippen LogP contribution in [0.25, 0.3) is 11.3 Å². The predicted molar refractivity (Wildman–Crippen MR) is 397 cm³/mol. The Kier molecular flexibility index (Phi) is 68.6. The van der Waals surface area contributed by atoms with Gasteiger partial charge in [-0.25, -0.2) is 47.8 Å². The van der Waals surface area contributed by atoms with Crippen LogP contribution in [-0.4, -0.2) is 204 Å². The van der Waals surface area contributed by atoms with Crippen LogP contribution in [0.3, 0.4) is 0 Å². The van der Waals surface area contributed by atoms with E-state index in [1.807, 2.05) is 6.92 Å². The standard InChI is InChI=1S/C19H26N4O6.C9H10N4O2.C7H7Cl3N2O2.C7H11N3O2.C7H16O3.C5H7NO2.C2HBO2.C2Cl3N.C2H6O.Li.H2N6.2H2O/c1-8-27-15(24)12-13-20-10-9-11-22(13)21-14(12)23(16(25)28-18(2,3)4)17(26)29-19(5,6)7;1-2-15-9(14)6-7(10)12-13-5-3-4-11-8(6)13;1-2-14-6(13)4(3-11)5(12)7(8,9)10;1-2-12-7(11)5-4(8)3-10-6(5)9;1-6(8-2)5-7(9-3)10-4;1-2-8-5(7)3-4-6;4-2-1-3-5;3-2(4,5)1-6;1-2-3;;1-3-5-6-4-2;;/h9-11H,8H2,1-7H3;3-5H,2H2,1H3,(H2,10,12);2,12H2,1H3;2-3,8H2,1H3,(H2,9,10);6-7H,5H2,1-4H3;2-3H2,1H3;4H;;3H,2H2,1H3;;1-2H;2*1H2/q;;;;;;;;;+1;;;/p-1/b;;5-4-;;;;;;;;3-1?,4-2?,6-5+;;. The summed E-state index contributed by atoms with van der Waals surface area (Å²) in [4.78, 5) is 94.9. The Balaban J connectivity index is -0.000000188.